The monoisotopic (exact) mass is 439 g/mol. The molecule has 2 aromatic carbocycles. The Hall–Kier alpha value is -2.64. The van der Waals surface area contributed by atoms with Crippen molar-refractivity contribution in [3.8, 4) is 0 Å². The number of likely N-dealkylation sites (tertiary alicyclic amines) is 1. The number of amides is 2. The van der Waals surface area contributed by atoms with Crippen molar-refractivity contribution in [3.63, 3.8) is 0 Å². The number of anilines is 2. The summed E-state index contributed by atoms with van der Waals surface area (Å²) in [6, 6.07) is 15.8. The largest absolute Gasteiger partial charge is 0.380 e. The lowest BCUT2D eigenvalue weighted by molar-refractivity contribution is 0.191. The zero-order valence-electron chi connectivity index (χ0n) is 19.1. The molecule has 0 aromatic heterocycles. The molecule has 6 nitrogen and oxygen atoms in total. The highest BCUT2D eigenvalue weighted by Gasteiger charge is 2.26. The molecule has 0 bridgehead atoms. The van der Waals surface area contributed by atoms with E-state index in [2.05, 4.69) is 34.6 Å². The number of para-hydroxylation sites is 1. The number of nitrogens with zero attached hydrogens (tertiary/aromatic N) is 3. The summed E-state index contributed by atoms with van der Waals surface area (Å²) >= 11 is 0. The van der Waals surface area contributed by atoms with Gasteiger partial charge in [-0.1, -0.05) is 24.3 Å². The molecule has 4 rings (SSSR count). The van der Waals surface area contributed by atoms with Crippen LogP contribution in [0.15, 0.2) is 48.5 Å². The standard InChI is InChI=1S/C25H34FN5O/c1-19-17-30(16-13-27-19)18-20-7-9-22(10-8-20)29(2)25(32)31-14-11-21(12-15-31)28-24-6-4-3-5-23(24)26/h3-10,19,21,27-28H,11-18H2,1-2H3. The second-order valence-electron chi connectivity index (χ2n) is 8.98. The molecule has 7 heteroatoms. The second kappa shape index (κ2) is 10.3. The molecule has 0 radical (unpaired) electrons. The number of carbonyl (C=O) groups is 1. The van der Waals surface area contributed by atoms with Crippen molar-refractivity contribution in [1.29, 1.82) is 0 Å². The van der Waals surface area contributed by atoms with Gasteiger partial charge in [0, 0.05) is 64.1 Å². The summed E-state index contributed by atoms with van der Waals surface area (Å²) in [6.45, 7) is 7.63. The maximum atomic E-state index is 13.9. The van der Waals surface area contributed by atoms with Gasteiger partial charge in [0.15, 0.2) is 0 Å². The van der Waals surface area contributed by atoms with Crippen LogP contribution in [0.2, 0.25) is 0 Å². The van der Waals surface area contributed by atoms with Crippen molar-refractivity contribution >= 4 is 17.4 Å². The highest BCUT2D eigenvalue weighted by Crippen LogP contribution is 2.22. The molecule has 2 heterocycles. The Balaban J connectivity index is 1.27. The Morgan fingerprint density at radius 1 is 1.12 bits per heavy atom. The van der Waals surface area contributed by atoms with Gasteiger partial charge in [-0.3, -0.25) is 9.80 Å². The number of piperazine rings is 1. The lowest BCUT2D eigenvalue weighted by Crippen LogP contribution is -2.48. The number of nitrogens with one attached hydrogen (secondary N) is 2. The average Bonchev–Trinajstić information content (AvgIpc) is 2.81. The molecule has 1 atom stereocenters. The lowest BCUT2D eigenvalue weighted by atomic mass is 10.0. The van der Waals surface area contributed by atoms with Gasteiger partial charge in [0.05, 0.1) is 5.69 Å². The van der Waals surface area contributed by atoms with E-state index in [1.807, 2.05) is 30.1 Å². The summed E-state index contributed by atoms with van der Waals surface area (Å²) in [5, 5.41) is 6.75. The Morgan fingerprint density at radius 2 is 1.84 bits per heavy atom. The maximum Gasteiger partial charge on any atom is 0.324 e. The van der Waals surface area contributed by atoms with E-state index >= 15 is 0 Å². The van der Waals surface area contributed by atoms with E-state index in [9.17, 15) is 9.18 Å². The minimum absolute atomic E-state index is 0.0121. The molecule has 172 valence electrons. The third-order valence-electron chi connectivity index (χ3n) is 6.47. The van der Waals surface area contributed by atoms with Crippen molar-refractivity contribution < 1.29 is 9.18 Å². The molecule has 0 saturated carbocycles. The Morgan fingerprint density at radius 3 is 2.53 bits per heavy atom. The number of carbonyl (C=O) groups excluding carboxylic acids is 1. The summed E-state index contributed by atoms with van der Waals surface area (Å²) in [4.78, 5) is 19.1. The molecule has 1 unspecified atom stereocenters. The number of urea groups is 1. The van der Waals surface area contributed by atoms with Crippen molar-refractivity contribution in [2.45, 2.75) is 38.4 Å². The zero-order valence-corrected chi connectivity index (χ0v) is 19.1. The predicted octanol–water partition coefficient (Wildman–Crippen LogP) is 3.75. The maximum absolute atomic E-state index is 13.9. The molecule has 2 saturated heterocycles. The van der Waals surface area contributed by atoms with E-state index in [4.69, 9.17) is 0 Å². The predicted molar refractivity (Wildman–Crippen MR) is 128 cm³/mol. The van der Waals surface area contributed by atoms with E-state index in [0.29, 0.717) is 24.8 Å². The van der Waals surface area contributed by atoms with Gasteiger partial charge in [0.1, 0.15) is 5.82 Å². The zero-order chi connectivity index (χ0) is 22.5. The Labute approximate surface area is 190 Å². The fraction of sp³-hybridized carbons (Fsp3) is 0.480. The van der Waals surface area contributed by atoms with Crippen molar-refractivity contribution in [3.05, 3.63) is 59.9 Å². The number of rotatable bonds is 5. The first kappa shape index (κ1) is 22.6. The molecule has 2 N–H and O–H groups in total. The first-order valence-electron chi connectivity index (χ1n) is 11.6. The number of piperidine rings is 1. The van der Waals surface area contributed by atoms with E-state index in [0.717, 1.165) is 44.7 Å². The molecule has 2 aliphatic rings. The van der Waals surface area contributed by atoms with Crippen LogP contribution in [0.1, 0.15) is 25.3 Å². The topological polar surface area (TPSA) is 50.9 Å². The van der Waals surface area contributed by atoms with Crippen LogP contribution in [-0.2, 0) is 6.54 Å². The van der Waals surface area contributed by atoms with Gasteiger partial charge in [-0.25, -0.2) is 9.18 Å². The SMILES string of the molecule is CC1CN(Cc2ccc(N(C)C(=O)N3CCC(Nc4ccccc4F)CC3)cc2)CCN1. The third-order valence-corrected chi connectivity index (χ3v) is 6.47. The second-order valence-corrected chi connectivity index (χ2v) is 8.98. The van der Waals surface area contributed by atoms with Gasteiger partial charge in [-0.15, -0.1) is 0 Å². The molecule has 2 amide bonds. The third kappa shape index (κ3) is 5.58. The van der Waals surface area contributed by atoms with Gasteiger partial charge in [0.2, 0.25) is 0 Å². The minimum atomic E-state index is -0.236. The molecular formula is C25H34FN5O. The minimum Gasteiger partial charge on any atom is -0.380 e. The van der Waals surface area contributed by atoms with Crippen molar-refractivity contribution in [1.82, 2.24) is 15.1 Å². The molecule has 0 spiro atoms. The summed E-state index contributed by atoms with van der Waals surface area (Å²) in [7, 11) is 1.83. The summed E-state index contributed by atoms with van der Waals surface area (Å²) in [5.74, 6) is -0.236. The van der Waals surface area contributed by atoms with Gasteiger partial charge >= 0.3 is 6.03 Å². The summed E-state index contributed by atoms with van der Waals surface area (Å²) in [6.07, 6.45) is 1.60. The van der Waals surface area contributed by atoms with Crippen molar-refractivity contribution in [2.24, 2.45) is 0 Å². The van der Waals surface area contributed by atoms with E-state index in [-0.39, 0.29) is 17.9 Å². The molecule has 2 aromatic rings. The number of halogens is 1. The first-order valence-corrected chi connectivity index (χ1v) is 11.6. The van der Waals surface area contributed by atoms with Crippen LogP contribution in [0.4, 0.5) is 20.6 Å². The highest BCUT2D eigenvalue weighted by molar-refractivity contribution is 5.91. The molecule has 2 fully saturated rings. The van der Waals surface area contributed by atoms with E-state index < -0.39 is 0 Å². The van der Waals surface area contributed by atoms with Gasteiger partial charge < -0.3 is 15.5 Å². The van der Waals surface area contributed by atoms with Crippen LogP contribution in [0.3, 0.4) is 0 Å². The highest BCUT2D eigenvalue weighted by atomic mass is 19.1. The van der Waals surface area contributed by atoms with Crippen LogP contribution in [0.5, 0.6) is 0 Å². The van der Waals surface area contributed by atoms with Gasteiger partial charge in [0.25, 0.3) is 0 Å². The van der Waals surface area contributed by atoms with Crippen LogP contribution in [0.25, 0.3) is 0 Å². The van der Waals surface area contributed by atoms with Crippen LogP contribution in [-0.4, -0.2) is 67.7 Å². The lowest BCUT2D eigenvalue weighted by Gasteiger charge is -2.35. The molecule has 2 aliphatic heterocycles. The van der Waals surface area contributed by atoms with Crippen LogP contribution in [0, 0.1) is 5.82 Å². The normalized spacial score (nSPS) is 20.2. The summed E-state index contributed by atoms with van der Waals surface area (Å²) in [5.41, 5.74) is 2.70. The average molecular weight is 440 g/mol. The van der Waals surface area contributed by atoms with Crippen LogP contribution >= 0.6 is 0 Å². The van der Waals surface area contributed by atoms with E-state index in [1.165, 1.54) is 11.6 Å². The van der Waals surface area contributed by atoms with Crippen LogP contribution < -0.4 is 15.5 Å². The first-order chi connectivity index (χ1) is 15.5. The van der Waals surface area contributed by atoms with Crippen molar-refractivity contribution in [2.75, 3.05) is 50.0 Å². The Kier molecular flexibility index (Phi) is 7.27. The molecule has 0 aliphatic carbocycles. The Bertz CT molecular complexity index is 897. The van der Waals surface area contributed by atoms with E-state index in [1.54, 1.807) is 17.0 Å². The number of benzene rings is 2. The van der Waals surface area contributed by atoms with Gasteiger partial charge in [-0.2, -0.15) is 0 Å². The fourth-order valence-corrected chi connectivity index (χ4v) is 4.57. The summed E-state index contributed by atoms with van der Waals surface area (Å²) < 4.78 is 13.9. The molecule has 32 heavy (non-hydrogen) atoms. The molecular weight excluding hydrogens is 405 g/mol. The fourth-order valence-electron chi connectivity index (χ4n) is 4.57. The number of hydrogen-bond acceptors (Lipinski definition) is 4. The number of hydrogen-bond donors (Lipinski definition) is 2. The quantitative estimate of drug-likeness (QED) is 0.745. The smallest absolute Gasteiger partial charge is 0.324 e. The van der Waals surface area contributed by atoms with Gasteiger partial charge in [-0.05, 0) is 49.6 Å².